The van der Waals surface area contributed by atoms with E-state index in [0.29, 0.717) is 15.8 Å². The number of amidine groups is 1. The topological polar surface area (TPSA) is 88.0 Å². The summed E-state index contributed by atoms with van der Waals surface area (Å²) in [5.74, 6) is -0.557. The summed E-state index contributed by atoms with van der Waals surface area (Å²) in [7, 11) is 0. The van der Waals surface area contributed by atoms with Crippen LogP contribution >= 0.6 is 11.8 Å². The smallest absolute Gasteiger partial charge is 0.335 e. The Labute approximate surface area is 212 Å². The number of aryl methyl sites for hydroxylation is 1. The van der Waals surface area contributed by atoms with Gasteiger partial charge in [0, 0.05) is 5.56 Å². The molecule has 0 atom stereocenters. The first-order chi connectivity index (χ1) is 17.5. The molecule has 4 aromatic carbocycles. The van der Waals surface area contributed by atoms with Crippen LogP contribution in [0.2, 0.25) is 0 Å². The fraction of sp³-hybridized carbons (Fsp3) is 0.0690. The molecule has 7 heteroatoms. The summed E-state index contributed by atoms with van der Waals surface area (Å²) in [6.45, 7) is 2.27. The first kappa shape index (κ1) is 23.4. The van der Waals surface area contributed by atoms with Crippen molar-refractivity contribution < 1.29 is 19.4 Å². The predicted octanol–water partition coefficient (Wildman–Crippen LogP) is 6.32. The summed E-state index contributed by atoms with van der Waals surface area (Å²) in [5.41, 5.74) is 3.77. The summed E-state index contributed by atoms with van der Waals surface area (Å²) < 4.78 is 6.15. The molecule has 178 valence electrons. The van der Waals surface area contributed by atoms with Gasteiger partial charge in [-0.1, -0.05) is 60.2 Å². The number of benzene rings is 4. The van der Waals surface area contributed by atoms with Crippen molar-refractivity contribution in [2.75, 3.05) is 0 Å². The normalized spacial score (nSPS) is 15.4. The molecule has 6 nitrogen and oxygen atoms in total. The number of nitrogens with one attached hydrogen (secondary N) is 1. The second-order valence-corrected chi connectivity index (χ2v) is 9.34. The van der Waals surface area contributed by atoms with Gasteiger partial charge in [-0.3, -0.25) is 4.79 Å². The quantitative estimate of drug-likeness (QED) is 0.306. The van der Waals surface area contributed by atoms with Crippen LogP contribution in [0, 0.1) is 6.92 Å². The molecule has 0 bridgehead atoms. The van der Waals surface area contributed by atoms with Crippen molar-refractivity contribution in [3.05, 3.63) is 112 Å². The molecule has 5 rings (SSSR count). The second kappa shape index (κ2) is 10.1. The van der Waals surface area contributed by atoms with E-state index in [2.05, 4.69) is 10.3 Å². The molecule has 4 aromatic rings. The third-order valence-electron chi connectivity index (χ3n) is 5.72. The molecule has 1 fully saturated rings. The number of fused-ring (bicyclic) bond motifs is 1. The van der Waals surface area contributed by atoms with Crippen LogP contribution in [0.1, 0.15) is 27.0 Å². The maximum absolute atomic E-state index is 12.8. The van der Waals surface area contributed by atoms with E-state index in [4.69, 9.17) is 9.84 Å². The Hall–Kier alpha value is -4.36. The molecule has 36 heavy (non-hydrogen) atoms. The summed E-state index contributed by atoms with van der Waals surface area (Å²) in [6, 6.07) is 26.1. The zero-order valence-electron chi connectivity index (χ0n) is 19.4. The number of carboxylic acids is 1. The van der Waals surface area contributed by atoms with Crippen LogP contribution < -0.4 is 10.1 Å². The highest BCUT2D eigenvalue weighted by atomic mass is 32.2. The Bertz CT molecular complexity index is 1520. The van der Waals surface area contributed by atoms with Crippen LogP contribution in [0.3, 0.4) is 0 Å². The molecule has 0 aliphatic carbocycles. The number of carboxylic acid groups (broad SMARTS) is 1. The lowest BCUT2D eigenvalue weighted by Crippen LogP contribution is -2.19. The number of aromatic carboxylic acids is 1. The fourth-order valence-corrected chi connectivity index (χ4v) is 4.63. The van der Waals surface area contributed by atoms with Crippen molar-refractivity contribution in [2.45, 2.75) is 13.5 Å². The van der Waals surface area contributed by atoms with Gasteiger partial charge in [-0.2, -0.15) is 0 Å². The molecule has 0 unspecified atom stereocenters. The van der Waals surface area contributed by atoms with E-state index in [1.54, 1.807) is 24.3 Å². The standard InChI is InChI=1S/C29H22N2O4S/c1-18-6-13-22(14-7-18)30-29-31-27(32)26(36-29)16-24-23-5-3-2-4-20(23)12-15-25(24)35-17-19-8-10-21(11-9-19)28(33)34/h2-16H,17H2,1H3,(H,33,34)(H,30,31,32)/b26-16+. The number of hydrogen-bond donors (Lipinski definition) is 2. The van der Waals surface area contributed by atoms with Gasteiger partial charge < -0.3 is 15.2 Å². The maximum atomic E-state index is 12.8. The molecule has 1 aliphatic heterocycles. The molecule has 0 radical (unpaired) electrons. The Morgan fingerprint density at radius 3 is 2.50 bits per heavy atom. The van der Waals surface area contributed by atoms with Gasteiger partial charge in [0.2, 0.25) is 0 Å². The third kappa shape index (κ3) is 5.16. The van der Waals surface area contributed by atoms with E-state index < -0.39 is 5.97 Å². The highest BCUT2D eigenvalue weighted by molar-refractivity contribution is 8.18. The van der Waals surface area contributed by atoms with Gasteiger partial charge in [-0.25, -0.2) is 9.79 Å². The number of aliphatic imine (C=N–C) groups is 1. The van der Waals surface area contributed by atoms with Crippen LogP contribution in [-0.2, 0) is 11.4 Å². The number of amides is 1. The highest BCUT2D eigenvalue weighted by Crippen LogP contribution is 2.35. The van der Waals surface area contributed by atoms with Gasteiger partial charge in [0.05, 0.1) is 16.2 Å². The molecular weight excluding hydrogens is 472 g/mol. The number of thioether (sulfide) groups is 1. The van der Waals surface area contributed by atoms with Crippen LogP contribution in [0.5, 0.6) is 5.75 Å². The monoisotopic (exact) mass is 494 g/mol. The van der Waals surface area contributed by atoms with Crippen molar-refractivity contribution in [1.82, 2.24) is 5.32 Å². The van der Waals surface area contributed by atoms with E-state index in [9.17, 15) is 9.59 Å². The van der Waals surface area contributed by atoms with Gasteiger partial charge in [0.1, 0.15) is 12.4 Å². The Kier molecular flexibility index (Phi) is 6.56. The Morgan fingerprint density at radius 1 is 1.00 bits per heavy atom. The van der Waals surface area contributed by atoms with Crippen molar-refractivity contribution in [3.8, 4) is 5.75 Å². The van der Waals surface area contributed by atoms with Gasteiger partial charge in [0.15, 0.2) is 5.17 Å². The SMILES string of the molecule is Cc1ccc(N=C2NC(=O)/C(=C\c3c(OCc4ccc(C(=O)O)cc4)ccc4ccccc34)S2)cc1. The van der Waals surface area contributed by atoms with Gasteiger partial charge in [0.25, 0.3) is 5.91 Å². The van der Waals surface area contributed by atoms with Crippen molar-refractivity contribution in [1.29, 1.82) is 0 Å². The fourth-order valence-electron chi connectivity index (χ4n) is 3.80. The predicted molar refractivity (Wildman–Crippen MR) is 144 cm³/mol. The largest absolute Gasteiger partial charge is 0.488 e. The van der Waals surface area contributed by atoms with Gasteiger partial charge in [-0.15, -0.1) is 0 Å². The zero-order valence-corrected chi connectivity index (χ0v) is 20.2. The minimum Gasteiger partial charge on any atom is -0.488 e. The summed E-state index contributed by atoms with van der Waals surface area (Å²) in [6.07, 6.45) is 1.84. The Balaban J connectivity index is 1.45. The number of carbonyl (C=O) groups excluding carboxylic acids is 1. The van der Waals surface area contributed by atoms with Crippen LogP contribution in [0.25, 0.3) is 16.8 Å². The maximum Gasteiger partial charge on any atom is 0.335 e. The van der Waals surface area contributed by atoms with E-state index in [1.807, 2.05) is 73.7 Å². The number of hydrogen-bond acceptors (Lipinski definition) is 5. The number of rotatable bonds is 6. The van der Waals surface area contributed by atoms with Crippen LogP contribution in [0.4, 0.5) is 5.69 Å². The molecule has 1 saturated heterocycles. The lowest BCUT2D eigenvalue weighted by atomic mass is 10.0. The summed E-state index contributed by atoms with van der Waals surface area (Å²) >= 11 is 1.29. The van der Waals surface area contributed by atoms with E-state index in [1.165, 1.54) is 11.8 Å². The summed E-state index contributed by atoms with van der Waals surface area (Å²) in [5, 5.41) is 14.5. The number of nitrogens with zero attached hydrogens (tertiary/aromatic N) is 1. The zero-order chi connectivity index (χ0) is 25.1. The van der Waals surface area contributed by atoms with E-state index in [-0.39, 0.29) is 18.1 Å². The van der Waals surface area contributed by atoms with E-state index in [0.717, 1.165) is 33.2 Å². The molecule has 0 saturated carbocycles. The van der Waals surface area contributed by atoms with Crippen molar-refractivity contribution >= 4 is 51.3 Å². The average molecular weight is 495 g/mol. The number of ether oxygens (including phenoxy) is 1. The van der Waals surface area contributed by atoms with E-state index >= 15 is 0 Å². The van der Waals surface area contributed by atoms with Crippen molar-refractivity contribution in [3.63, 3.8) is 0 Å². The number of carbonyl (C=O) groups is 2. The minimum absolute atomic E-state index is 0.214. The average Bonchev–Trinajstić information content (AvgIpc) is 3.23. The molecular formula is C29H22N2O4S. The molecule has 2 N–H and O–H groups in total. The second-order valence-electron chi connectivity index (χ2n) is 8.31. The lowest BCUT2D eigenvalue weighted by molar-refractivity contribution is -0.115. The van der Waals surface area contributed by atoms with Gasteiger partial charge in [-0.05, 0) is 71.4 Å². The van der Waals surface area contributed by atoms with Gasteiger partial charge >= 0.3 is 5.97 Å². The first-order valence-electron chi connectivity index (χ1n) is 11.3. The third-order valence-corrected chi connectivity index (χ3v) is 6.63. The lowest BCUT2D eigenvalue weighted by Gasteiger charge is -2.13. The Morgan fingerprint density at radius 2 is 1.75 bits per heavy atom. The first-order valence-corrected chi connectivity index (χ1v) is 12.1. The minimum atomic E-state index is -0.969. The van der Waals surface area contributed by atoms with Crippen LogP contribution in [0.15, 0.2) is 94.8 Å². The highest BCUT2D eigenvalue weighted by Gasteiger charge is 2.25. The molecule has 0 spiro atoms. The molecule has 1 aliphatic rings. The molecule has 1 amide bonds. The molecule has 1 heterocycles. The van der Waals surface area contributed by atoms with Crippen molar-refractivity contribution in [2.24, 2.45) is 4.99 Å². The van der Waals surface area contributed by atoms with Crippen LogP contribution in [-0.4, -0.2) is 22.2 Å². The summed E-state index contributed by atoms with van der Waals surface area (Å²) in [4.78, 5) is 29.0. The molecule has 0 aromatic heterocycles.